The van der Waals surface area contributed by atoms with Crippen molar-refractivity contribution in [1.82, 2.24) is 4.98 Å². The van der Waals surface area contributed by atoms with Gasteiger partial charge in [0.1, 0.15) is 0 Å². The molecule has 1 aromatic rings. The van der Waals surface area contributed by atoms with Crippen LogP contribution in [0.2, 0.25) is 0 Å². The van der Waals surface area contributed by atoms with Crippen LogP contribution in [-0.2, 0) is 0 Å². The molecule has 0 saturated carbocycles. The zero-order chi connectivity index (χ0) is 11.1. The van der Waals surface area contributed by atoms with Gasteiger partial charge in [-0.1, -0.05) is 26.7 Å². The lowest BCUT2D eigenvalue weighted by molar-refractivity contribution is 0.586. The predicted octanol–water partition coefficient (Wildman–Crippen LogP) is 3.77. The quantitative estimate of drug-likeness (QED) is 0.766. The van der Waals surface area contributed by atoms with Gasteiger partial charge in [0.25, 0.3) is 0 Å². The lowest BCUT2D eigenvalue weighted by Gasteiger charge is -2.18. The first kappa shape index (κ1) is 12.0. The van der Waals surface area contributed by atoms with Crippen LogP contribution >= 0.6 is 0 Å². The van der Waals surface area contributed by atoms with Gasteiger partial charge in [-0.15, -0.1) is 0 Å². The van der Waals surface area contributed by atoms with Crippen molar-refractivity contribution < 1.29 is 0 Å². The normalized spacial score (nSPS) is 10.7. The summed E-state index contributed by atoms with van der Waals surface area (Å²) in [6, 6.07) is 4.77. The minimum Gasteiger partial charge on any atom is -0.381 e. The van der Waals surface area contributed by atoms with Crippen LogP contribution < -0.4 is 5.32 Å². The van der Waals surface area contributed by atoms with Crippen LogP contribution in [0.1, 0.15) is 45.2 Å². The Kier molecular flexibility index (Phi) is 5.16. The summed E-state index contributed by atoms with van der Waals surface area (Å²) in [4.78, 5) is 4.29. The molecule has 2 nitrogen and oxygen atoms in total. The van der Waals surface area contributed by atoms with E-state index in [0.717, 1.165) is 11.4 Å². The van der Waals surface area contributed by atoms with Crippen LogP contribution in [0.15, 0.2) is 18.3 Å². The second-order valence-corrected chi connectivity index (χ2v) is 4.11. The summed E-state index contributed by atoms with van der Waals surface area (Å²) >= 11 is 0. The molecule has 0 radical (unpaired) electrons. The van der Waals surface area contributed by atoms with Gasteiger partial charge < -0.3 is 5.32 Å². The molecule has 0 amide bonds. The van der Waals surface area contributed by atoms with Gasteiger partial charge in [-0.3, -0.25) is 4.98 Å². The Morgan fingerprint density at radius 1 is 1.20 bits per heavy atom. The second kappa shape index (κ2) is 6.44. The number of rotatable bonds is 6. The predicted molar refractivity (Wildman–Crippen MR) is 66.2 cm³/mol. The molecule has 1 N–H and O–H groups in total. The minimum absolute atomic E-state index is 0.601. The molecule has 0 aliphatic rings. The van der Waals surface area contributed by atoms with Crippen molar-refractivity contribution >= 4 is 5.69 Å². The van der Waals surface area contributed by atoms with E-state index in [1.165, 1.54) is 25.7 Å². The molecule has 1 heterocycles. The largest absolute Gasteiger partial charge is 0.381 e. The number of aromatic nitrogens is 1. The van der Waals surface area contributed by atoms with Gasteiger partial charge >= 0.3 is 0 Å². The fourth-order valence-electron chi connectivity index (χ4n) is 1.77. The maximum Gasteiger partial charge on any atom is 0.0529 e. The number of nitrogens with one attached hydrogen (secondary N) is 1. The van der Waals surface area contributed by atoms with Crippen molar-refractivity contribution in [2.24, 2.45) is 0 Å². The van der Waals surface area contributed by atoms with Gasteiger partial charge in [-0.2, -0.15) is 0 Å². The number of pyridine rings is 1. The molecule has 2 heteroatoms. The Morgan fingerprint density at radius 3 is 2.33 bits per heavy atom. The van der Waals surface area contributed by atoms with Crippen molar-refractivity contribution in [2.45, 2.75) is 52.5 Å². The van der Waals surface area contributed by atoms with E-state index in [9.17, 15) is 0 Å². The number of anilines is 1. The van der Waals surface area contributed by atoms with Gasteiger partial charge in [-0.25, -0.2) is 0 Å². The summed E-state index contributed by atoms with van der Waals surface area (Å²) in [5.74, 6) is 0. The third-order valence-corrected chi connectivity index (χ3v) is 2.56. The highest BCUT2D eigenvalue weighted by molar-refractivity contribution is 5.41. The highest BCUT2D eigenvalue weighted by Crippen LogP contribution is 2.13. The fourth-order valence-corrected chi connectivity index (χ4v) is 1.77. The molecule has 0 aliphatic carbocycles. The monoisotopic (exact) mass is 206 g/mol. The first-order chi connectivity index (χ1) is 7.26. The van der Waals surface area contributed by atoms with Gasteiger partial charge in [0.05, 0.1) is 11.9 Å². The van der Waals surface area contributed by atoms with Crippen LogP contribution in [0.25, 0.3) is 0 Å². The molecule has 0 unspecified atom stereocenters. The maximum absolute atomic E-state index is 4.29. The zero-order valence-corrected chi connectivity index (χ0v) is 10.1. The van der Waals surface area contributed by atoms with Crippen LogP contribution in [-0.4, -0.2) is 11.0 Å². The summed E-state index contributed by atoms with van der Waals surface area (Å²) in [6.45, 7) is 6.48. The summed E-state index contributed by atoms with van der Waals surface area (Å²) in [7, 11) is 0. The number of aryl methyl sites for hydroxylation is 1. The smallest absolute Gasteiger partial charge is 0.0529 e. The average molecular weight is 206 g/mol. The second-order valence-electron chi connectivity index (χ2n) is 4.11. The third-order valence-electron chi connectivity index (χ3n) is 2.56. The van der Waals surface area contributed by atoms with Gasteiger partial charge in [-0.05, 0) is 31.9 Å². The lowest BCUT2D eigenvalue weighted by Crippen LogP contribution is -2.18. The molecule has 0 spiro atoms. The van der Waals surface area contributed by atoms with Crippen LogP contribution in [0.3, 0.4) is 0 Å². The Bertz CT molecular complexity index is 260. The maximum atomic E-state index is 4.29. The number of hydrogen-bond acceptors (Lipinski definition) is 2. The molecule has 0 aromatic carbocycles. The van der Waals surface area contributed by atoms with Crippen molar-refractivity contribution in [2.75, 3.05) is 5.32 Å². The number of nitrogens with zero attached hydrogens (tertiary/aromatic N) is 1. The Labute approximate surface area is 93.1 Å². The van der Waals surface area contributed by atoms with E-state index >= 15 is 0 Å². The van der Waals surface area contributed by atoms with Crippen molar-refractivity contribution in [3.8, 4) is 0 Å². The number of hydrogen-bond donors (Lipinski definition) is 1. The van der Waals surface area contributed by atoms with E-state index in [4.69, 9.17) is 0 Å². The molecule has 84 valence electrons. The van der Waals surface area contributed by atoms with E-state index in [-0.39, 0.29) is 0 Å². The van der Waals surface area contributed by atoms with Crippen LogP contribution in [0.4, 0.5) is 5.69 Å². The molecule has 1 aromatic heterocycles. The highest BCUT2D eigenvalue weighted by Gasteiger charge is 2.05. The zero-order valence-electron chi connectivity index (χ0n) is 10.1. The molecular weight excluding hydrogens is 184 g/mol. The standard InChI is InChI=1S/C13H22N2/c1-4-6-12(7-5-2)15-13-9-8-11(3)14-10-13/h8-10,12,15H,4-7H2,1-3H3. The Hall–Kier alpha value is -1.05. The summed E-state index contributed by atoms with van der Waals surface area (Å²) in [5, 5.41) is 3.55. The highest BCUT2D eigenvalue weighted by atomic mass is 14.9. The van der Waals surface area contributed by atoms with Gasteiger partial charge in [0.15, 0.2) is 0 Å². The van der Waals surface area contributed by atoms with Crippen molar-refractivity contribution in [1.29, 1.82) is 0 Å². The topological polar surface area (TPSA) is 24.9 Å². The average Bonchev–Trinajstić information content (AvgIpc) is 2.22. The Balaban J connectivity index is 2.53. The van der Waals surface area contributed by atoms with E-state index in [0.29, 0.717) is 6.04 Å². The van der Waals surface area contributed by atoms with E-state index < -0.39 is 0 Å². The van der Waals surface area contributed by atoms with Gasteiger partial charge in [0.2, 0.25) is 0 Å². The lowest BCUT2D eigenvalue weighted by atomic mass is 10.1. The molecule has 0 atom stereocenters. The Morgan fingerprint density at radius 2 is 1.87 bits per heavy atom. The van der Waals surface area contributed by atoms with Crippen molar-refractivity contribution in [3.05, 3.63) is 24.0 Å². The molecule has 0 fully saturated rings. The molecular formula is C13H22N2. The molecule has 0 bridgehead atoms. The van der Waals surface area contributed by atoms with E-state index in [1.54, 1.807) is 0 Å². The summed E-state index contributed by atoms with van der Waals surface area (Å²) < 4.78 is 0. The minimum atomic E-state index is 0.601. The SMILES string of the molecule is CCCC(CCC)Nc1ccc(C)nc1. The molecule has 0 saturated heterocycles. The van der Waals surface area contributed by atoms with Crippen molar-refractivity contribution in [3.63, 3.8) is 0 Å². The van der Waals surface area contributed by atoms with Crippen LogP contribution in [0.5, 0.6) is 0 Å². The fraction of sp³-hybridized carbons (Fsp3) is 0.615. The van der Waals surface area contributed by atoms with Gasteiger partial charge in [0, 0.05) is 11.7 Å². The summed E-state index contributed by atoms with van der Waals surface area (Å²) in [5.41, 5.74) is 2.22. The molecule has 0 aliphatic heterocycles. The first-order valence-electron chi connectivity index (χ1n) is 5.95. The van der Waals surface area contributed by atoms with E-state index in [2.05, 4.69) is 36.3 Å². The first-order valence-corrected chi connectivity index (χ1v) is 5.95. The summed E-state index contributed by atoms with van der Waals surface area (Å²) in [6.07, 6.45) is 6.87. The molecule has 15 heavy (non-hydrogen) atoms. The van der Waals surface area contributed by atoms with E-state index in [1.807, 2.05) is 13.1 Å². The van der Waals surface area contributed by atoms with Crippen LogP contribution in [0, 0.1) is 6.92 Å². The third kappa shape index (κ3) is 4.32. The molecule has 1 rings (SSSR count).